The number of halogens is 1. The summed E-state index contributed by atoms with van der Waals surface area (Å²) >= 11 is 0. The molecule has 0 aliphatic rings. The monoisotopic (exact) mass is 374 g/mol. The maximum Gasteiger partial charge on any atom is 0.125 e. The number of benzene rings is 3. The van der Waals surface area contributed by atoms with Crippen molar-refractivity contribution in [2.45, 2.75) is 19.5 Å². The number of anilines is 1. The van der Waals surface area contributed by atoms with E-state index in [1.54, 1.807) is 12.1 Å². The summed E-state index contributed by atoms with van der Waals surface area (Å²) in [4.78, 5) is 4.21. The second-order valence-electron chi connectivity index (χ2n) is 7.20. The van der Waals surface area contributed by atoms with Gasteiger partial charge in [-0.15, -0.1) is 0 Å². The van der Waals surface area contributed by atoms with Crippen LogP contribution in [0.15, 0.2) is 91.1 Å². The van der Waals surface area contributed by atoms with Crippen LogP contribution < -0.4 is 4.90 Å². The third kappa shape index (κ3) is 5.98. The Morgan fingerprint density at radius 2 is 1.32 bits per heavy atom. The van der Waals surface area contributed by atoms with Gasteiger partial charge in [0.05, 0.1) is 0 Å². The molecule has 28 heavy (non-hydrogen) atoms. The molecule has 3 aromatic rings. The minimum Gasteiger partial charge on any atom is -0.384 e. The molecule has 0 spiro atoms. The van der Waals surface area contributed by atoms with E-state index in [0.29, 0.717) is 6.42 Å². The Hall–Kier alpha value is -3.07. The minimum atomic E-state index is -0.197. The molecule has 0 amide bonds. The summed E-state index contributed by atoms with van der Waals surface area (Å²) in [7, 11) is 3.96. The lowest BCUT2D eigenvalue weighted by atomic mass is 10.1. The third-order valence-electron chi connectivity index (χ3n) is 4.50. The van der Waals surface area contributed by atoms with Crippen molar-refractivity contribution in [2.75, 3.05) is 19.0 Å². The first-order chi connectivity index (χ1) is 13.6. The fraction of sp³-hybridized carbons (Fsp3) is 0.200. The predicted octanol–water partition coefficient (Wildman–Crippen LogP) is 5.65. The van der Waals surface area contributed by atoms with Gasteiger partial charge in [-0.2, -0.15) is 0 Å². The first-order valence-electron chi connectivity index (χ1n) is 9.55. The Kier molecular flexibility index (Phi) is 6.85. The van der Waals surface area contributed by atoms with E-state index in [1.807, 2.05) is 61.6 Å². The van der Waals surface area contributed by atoms with Crippen molar-refractivity contribution in [3.8, 4) is 0 Å². The van der Waals surface area contributed by atoms with Crippen LogP contribution in [0.5, 0.6) is 0 Å². The molecular formula is C25H27FN2. The van der Waals surface area contributed by atoms with E-state index in [4.69, 9.17) is 0 Å². The second-order valence-corrected chi connectivity index (χ2v) is 7.20. The second kappa shape index (κ2) is 9.75. The number of allylic oxidation sites excluding steroid dienone is 1. The average molecular weight is 375 g/mol. The Morgan fingerprint density at radius 3 is 1.86 bits per heavy atom. The molecule has 144 valence electrons. The molecule has 0 N–H and O–H groups in total. The third-order valence-corrected chi connectivity index (χ3v) is 4.50. The van der Waals surface area contributed by atoms with E-state index >= 15 is 0 Å². The standard InChI is InChI=1S/C25H27FN2/c1-27(2)15-9-14-23-16-24(26)18-25(17-23)28(19-21-10-5-3-6-11-21)20-22-12-7-4-8-13-22/h3-13,15-18H,14,19-20H2,1-2H3/b15-9+. The fourth-order valence-electron chi connectivity index (χ4n) is 3.18. The van der Waals surface area contributed by atoms with Gasteiger partial charge in [0.1, 0.15) is 5.82 Å². The lowest BCUT2D eigenvalue weighted by Gasteiger charge is -2.26. The van der Waals surface area contributed by atoms with Crippen LogP contribution in [0.2, 0.25) is 0 Å². The van der Waals surface area contributed by atoms with Gasteiger partial charge >= 0.3 is 0 Å². The molecule has 0 bridgehead atoms. The SMILES string of the molecule is CN(C)/C=C/Cc1cc(F)cc(N(Cc2ccccc2)Cc2ccccc2)c1. The molecule has 3 heteroatoms. The van der Waals surface area contributed by atoms with Crippen molar-refractivity contribution in [3.05, 3.63) is 114 Å². The number of hydrogen-bond acceptors (Lipinski definition) is 2. The quantitative estimate of drug-likeness (QED) is 0.503. The van der Waals surface area contributed by atoms with Gasteiger partial charge in [-0.3, -0.25) is 0 Å². The lowest BCUT2D eigenvalue weighted by Crippen LogP contribution is -2.22. The van der Waals surface area contributed by atoms with Gasteiger partial charge in [0.15, 0.2) is 0 Å². The van der Waals surface area contributed by atoms with Crippen molar-refractivity contribution in [1.82, 2.24) is 4.90 Å². The van der Waals surface area contributed by atoms with Gasteiger partial charge < -0.3 is 9.80 Å². The summed E-state index contributed by atoms with van der Waals surface area (Å²) < 4.78 is 14.4. The molecule has 2 nitrogen and oxygen atoms in total. The Labute approximate surface area is 167 Å². The highest BCUT2D eigenvalue weighted by atomic mass is 19.1. The molecule has 3 rings (SSSR count). The van der Waals surface area contributed by atoms with Crippen LogP contribution in [0, 0.1) is 5.82 Å². The molecule has 0 saturated heterocycles. The van der Waals surface area contributed by atoms with E-state index in [-0.39, 0.29) is 5.82 Å². The van der Waals surface area contributed by atoms with Gasteiger partial charge in [0.2, 0.25) is 0 Å². The zero-order chi connectivity index (χ0) is 19.8. The highest BCUT2D eigenvalue weighted by Crippen LogP contribution is 2.24. The minimum absolute atomic E-state index is 0.197. The molecule has 0 radical (unpaired) electrons. The molecule has 0 saturated carbocycles. The molecule has 0 aliphatic carbocycles. The normalized spacial score (nSPS) is 11.0. The summed E-state index contributed by atoms with van der Waals surface area (Å²) in [5.74, 6) is -0.197. The van der Waals surface area contributed by atoms with Crippen molar-refractivity contribution < 1.29 is 4.39 Å². The summed E-state index contributed by atoms with van der Waals surface area (Å²) in [6, 6.07) is 26.0. The van der Waals surface area contributed by atoms with Crippen LogP contribution >= 0.6 is 0 Å². The first kappa shape index (κ1) is 19.7. The molecule has 3 aromatic carbocycles. The average Bonchev–Trinajstić information content (AvgIpc) is 2.68. The Bertz CT molecular complexity index is 847. The van der Waals surface area contributed by atoms with E-state index in [2.05, 4.69) is 41.3 Å². The summed E-state index contributed by atoms with van der Waals surface area (Å²) in [6.45, 7) is 1.46. The van der Waals surface area contributed by atoms with Crippen molar-refractivity contribution in [3.63, 3.8) is 0 Å². The van der Waals surface area contributed by atoms with Crippen molar-refractivity contribution in [2.24, 2.45) is 0 Å². The summed E-state index contributed by atoms with van der Waals surface area (Å²) in [6.07, 6.45) is 4.75. The van der Waals surface area contributed by atoms with Crippen LogP contribution in [0.4, 0.5) is 10.1 Å². The molecule has 0 aromatic heterocycles. The van der Waals surface area contributed by atoms with Crippen LogP contribution in [0.25, 0.3) is 0 Å². The highest BCUT2D eigenvalue weighted by molar-refractivity contribution is 5.50. The van der Waals surface area contributed by atoms with E-state index in [0.717, 1.165) is 24.3 Å². The summed E-state index contributed by atoms with van der Waals surface area (Å²) in [5, 5.41) is 0. The van der Waals surface area contributed by atoms with Crippen molar-refractivity contribution >= 4 is 5.69 Å². The van der Waals surface area contributed by atoms with E-state index in [1.165, 1.54) is 11.1 Å². The van der Waals surface area contributed by atoms with Crippen LogP contribution in [0.3, 0.4) is 0 Å². The van der Waals surface area contributed by atoms with Crippen molar-refractivity contribution in [1.29, 1.82) is 0 Å². The zero-order valence-electron chi connectivity index (χ0n) is 16.6. The molecule has 0 aliphatic heterocycles. The maximum atomic E-state index is 14.4. The van der Waals surface area contributed by atoms with E-state index < -0.39 is 0 Å². The maximum absolute atomic E-state index is 14.4. The first-order valence-corrected chi connectivity index (χ1v) is 9.55. The number of hydrogen-bond donors (Lipinski definition) is 0. The molecule has 0 atom stereocenters. The van der Waals surface area contributed by atoms with Crippen LogP contribution in [-0.2, 0) is 19.5 Å². The predicted molar refractivity (Wildman–Crippen MR) is 116 cm³/mol. The highest BCUT2D eigenvalue weighted by Gasteiger charge is 2.11. The Morgan fingerprint density at radius 1 is 0.750 bits per heavy atom. The molecular weight excluding hydrogens is 347 g/mol. The van der Waals surface area contributed by atoms with Crippen LogP contribution in [0.1, 0.15) is 16.7 Å². The molecule has 0 unspecified atom stereocenters. The van der Waals surface area contributed by atoms with Gasteiger partial charge in [-0.25, -0.2) is 4.39 Å². The van der Waals surface area contributed by atoms with Gasteiger partial charge in [0.25, 0.3) is 0 Å². The van der Waals surface area contributed by atoms with Gasteiger partial charge in [0, 0.05) is 32.9 Å². The smallest absolute Gasteiger partial charge is 0.125 e. The lowest BCUT2D eigenvalue weighted by molar-refractivity contribution is 0.561. The van der Waals surface area contributed by atoms with E-state index in [9.17, 15) is 4.39 Å². The van der Waals surface area contributed by atoms with Gasteiger partial charge in [-0.05, 0) is 47.5 Å². The molecule has 0 fully saturated rings. The van der Waals surface area contributed by atoms with Gasteiger partial charge in [-0.1, -0.05) is 66.7 Å². The largest absolute Gasteiger partial charge is 0.384 e. The molecule has 0 heterocycles. The Balaban J connectivity index is 1.89. The topological polar surface area (TPSA) is 6.48 Å². The fourth-order valence-corrected chi connectivity index (χ4v) is 3.18. The van der Waals surface area contributed by atoms with Crippen LogP contribution in [-0.4, -0.2) is 19.0 Å². The number of rotatable bonds is 8. The summed E-state index contributed by atoms with van der Waals surface area (Å²) in [5.41, 5.74) is 4.29. The zero-order valence-corrected chi connectivity index (χ0v) is 16.6. The number of nitrogens with zero attached hydrogens (tertiary/aromatic N) is 2.